The first kappa shape index (κ1) is 12.7. The van der Waals surface area contributed by atoms with Gasteiger partial charge in [-0.05, 0) is 30.7 Å². The van der Waals surface area contributed by atoms with Crippen molar-refractivity contribution >= 4 is 17.1 Å². The van der Waals surface area contributed by atoms with Crippen LogP contribution in [0.3, 0.4) is 0 Å². The van der Waals surface area contributed by atoms with Crippen molar-refractivity contribution < 1.29 is 10.0 Å². The van der Waals surface area contributed by atoms with E-state index in [1.165, 1.54) is 24.3 Å². The molecule has 0 radical (unpaired) electrons. The third kappa shape index (κ3) is 3.12. The molecule has 0 bridgehead atoms. The summed E-state index contributed by atoms with van der Waals surface area (Å²) in [6, 6.07) is 10.8. The fourth-order valence-electron chi connectivity index (χ4n) is 1.49. The van der Waals surface area contributed by atoms with Crippen molar-refractivity contribution in [2.45, 2.75) is 6.92 Å². The third-order valence-electron chi connectivity index (χ3n) is 2.44. The number of benzene rings is 2. The van der Waals surface area contributed by atoms with Crippen LogP contribution < -0.4 is 0 Å². The molecule has 2 aromatic carbocycles. The second-order valence-corrected chi connectivity index (χ2v) is 3.97. The van der Waals surface area contributed by atoms with Crippen LogP contribution in [0.1, 0.15) is 5.56 Å². The van der Waals surface area contributed by atoms with Crippen molar-refractivity contribution in [1.29, 1.82) is 0 Å². The van der Waals surface area contributed by atoms with E-state index in [2.05, 4.69) is 10.2 Å². The zero-order valence-corrected chi connectivity index (χ0v) is 10.1. The van der Waals surface area contributed by atoms with Crippen LogP contribution in [0.4, 0.5) is 17.1 Å². The maximum Gasteiger partial charge on any atom is 0.271 e. The van der Waals surface area contributed by atoms with Gasteiger partial charge in [-0.25, -0.2) is 0 Å². The summed E-state index contributed by atoms with van der Waals surface area (Å²) in [7, 11) is 0. The number of hydrogen-bond donors (Lipinski definition) is 1. The minimum atomic E-state index is -0.497. The van der Waals surface area contributed by atoms with Gasteiger partial charge >= 0.3 is 0 Å². The molecule has 0 atom stereocenters. The number of aryl methyl sites for hydroxylation is 1. The standard InChI is InChI=1S/C13H11N3O3/c1-9-5-6-13(17)12(7-9)15-14-10-3-2-4-11(8-10)16(18)19/h2-8,17H,1H3. The van der Waals surface area contributed by atoms with Gasteiger partial charge in [0.1, 0.15) is 11.4 Å². The van der Waals surface area contributed by atoms with Crippen molar-refractivity contribution in [1.82, 2.24) is 0 Å². The number of non-ortho nitro benzene ring substituents is 1. The summed E-state index contributed by atoms with van der Waals surface area (Å²) in [5, 5.41) is 28.0. The van der Waals surface area contributed by atoms with E-state index in [1.807, 2.05) is 6.92 Å². The summed E-state index contributed by atoms with van der Waals surface area (Å²) in [5.41, 5.74) is 1.57. The molecule has 0 aromatic heterocycles. The highest BCUT2D eigenvalue weighted by atomic mass is 16.6. The number of phenols is 1. The molecule has 0 heterocycles. The summed E-state index contributed by atoms with van der Waals surface area (Å²) >= 11 is 0. The minimum Gasteiger partial charge on any atom is -0.506 e. The van der Waals surface area contributed by atoms with E-state index in [1.54, 1.807) is 18.2 Å². The van der Waals surface area contributed by atoms with Crippen LogP contribution in [0.25, 0.3) is 0 Å². The number of nitro benzene ring substituents is 1. The Bertz CT molecular complexity index is 653. The Morgan fingerprint density at radius 3 is 2.68 bits per heavy atom. The van der Waals surface area contributed by atoms with Crippen LogP contribution in [0.2, 0.25) is 0 Å². The highest BCUT2D eigenvalue weighted by Gasteiger charge is 2.05. The van der Waals surface area contributed by atoms with Gasteiger partial charge < -0.3 is 5.11 Å². The summed E-state index contributed by atoms with van der Waals surface area (Å²) in [6.45, 7) is 1.87. The minimum absolute atomic E-state index is 0.0137. The van der Waals surface area contributed by atoms with Crippen LogP contribution in [0.15, 0.2) is 52.7 Å². The SMILES string of the molecule is Cc1ccc(O)c(N=Nc2cccc([N+](=O)[O-])c2)c1. The predicted molar refractivity (Wildman–Crippen MR) is 70.1 cm³/mol. The largest absolute Gasteiger partial charge is 0.506 e. The first-order chi connectivity index (χ1) is 9.06. The van der Waals surface area contributed by atoms with Gasteiger partial charge in [0.15, 0.2) is 0 Å². The molecule has 0 fully saturated rings. The van der Waals surface area contributed by atoms with Crippen LogP contribution >= 0.6 is 0 Å². The molecule has 19 heavy (non-hydrogen) atoms. The lowest BCUT2D eigenvalue weighted by Gasteiger charge is -1.99. The fourth-order valence-corrected chi connectivity index (χ4v) is 1.49. The van der Waals surface area contributed by atoms with Gasteiger partial charge in [-0.2, -0.15) is 5.11 Å². The van der Waals surface area contributed by atoms with E-state index in [0.29, 0.717) is 11.4 Å². The zero-order valence-electron chi connectivity index (χ0n) is 10.1. The first-order valence-electron chi connectivity index (χ1n) is 5.52. The molecule has 0 amide bonds. The van der Waals surface area contributed by atoms with E-state index in [9.17, 15) is 15.2 Å². The molecule has 0 unspecified atom stereocenters. The van der Waals surface area contributed by atoms with Crippen LogP contribution in [-0.4, -0.2) is 10.0 Å². The van der Waals surface area contributed by atoms with E-state index in [0.717, 1.165) is 5.56 Å². The van der Waals surface area contributed by atoms with E-state index in [4.69, 9.17) is 0 Å². The van der Waals surface area contributed by atoms with E-state index >= 15 is 0 Å². The number of azo groups is 1. The summed E-state index contributed by atoms with van der Waals surface area (Å²) in [4.78, 5) is 10.1. The topological polar surface area (TPSA) is 88.1 Å². The number of rotatable bonds is 3. The van der Waals surface area contributed by atoms with Gasteiger partial charge in [0.25, 0.3) is 5.69 Å². The van der Waals surface area contributed by atoms with Gasteiger partial charge in [-0.1, -0.05) is 12.1 Å². The molecule has 0 aliphatic carbocycles. The molecular formula is C13H11N3O3. The molecule has 6 heteroatoms. The smallest absolute Gasteiger partial charge is 0.271 e. The Morgan fingerprint density at radius 1 is 1.16 bits per heavy atom. The summed E-state index contributed by atoms with van der Waals surface area (Å²) in [5.74, 6) is 0.0137. The molecule has 2 aromatic rings. The highest BCUT2D eigenvalue weighted by molar-refractivity contribution is 5.53. The van der Waals surface area contributed by atoms with Crippen molar-refractivity contribution in [3.8, 4) is 5.75 Å². The predicted octanol–water partition coefficient (Wildman–Crippen LogP) is 4.02. The second-order valence-electron chi connectivity index (χ2n) is 3.97. The van der Waals surface area contributed by atoms with Gasteiger partial charge in [0.05, 0.1) is 10.6 Å². The Labute approximate surface area is 109 Å². The van der Waals surface area contributed by atoms with E-state index < -0.39 is 4.92 Å². The average molecular weight is 257 g/mol. The number of aromatic hydroxyl groups is 1. The number of nitrogens with zero attached hydrogens (tertiary/aromatic N) is 3. The van der Waals surface area contributed by atoms with Crippen LogP contribution in [0, 0.1) is 17.0 Å². The molecule has 0 spiro atoms. The Balaban J connectivity index is 2.30. The molecule has 0 aliphatic heterocycles. The van der Waals surface area contributed by atoms with Crippen molar-refractivity contribution in [3.63, 3.8) is 0 Å². The maximum absolute atomic E-state index is 10.6. The molecule has 0 aliphatic rings. The van der Waals surface area contributed by atoms with E-state index in [-0.39, 0.29) is 11.4 Å². The molecule has 0 saturated carbocycles. The lowest BCUT2D eigenvalue weighted by atomic mass is 10.2. The Kier molecular flexibility index (Phi) is 3.51. The monoisotopic (exact) mass is 257 g/mol. The quantitative estimate of drug-likeness (QED) is 0.511. The Morgan fingerprint density at radius 2 is 1.95 bits per heavy atom. The first-order valence-corrected chi connectivity index (χ1v) is 5.52. The lowest BCUT2D eigenvalue weighted by molar-refractivity contribution is -0.384. The molecule has 96 valence electrons. The van der Waals surface area contributed by atoms with Crippen molar-refractivity contribution in [3.05, 3.63) is 58.1 Å². The average Bonchev–Trinajstić information content (AvgIpc) is 2.40. The molecular weight excluding hydrogens is 246 g/mol. The molecule has 1 N–H and O–H groups in total. The molecule has 0 saturated heterocycles. The number of phenolic OH excluding ortho intramolecular Hbond substituents is 1. The van der Waals surface area contributed by atoms with Crippen molar-refractivity contribution in [2.24, 2.45) is 10.2 Å². The highest BCUT2D eigenvalue weighted by Crippen LogP contribution is 2.29. The fraction of sp³-hybridized carbons (Fsp3) is 0.0769. The second kappa shape index (κ2) is 5.26. The number of nitro groups is 1. The van der Waals surface area contributed by atoms with Crippen molar-refractivity contribution in [2.75, 3.05) is 0 Å². The van der Waals surface area contributed by atoms with Gasteiger partial charge in [-0.3, -0.25) is 10.1 Å². The lowest BCUT2D eigenvalue weighted by Crippen LogP contribution is -1.85. The Hall–Kier alpha value is -2.76. The van der Waals surface area contributed by atoms with Gasteiger partial charge in [0, 0.05) is 12.1 Å². The normalized spacial score (nSPS) is 10.8. The molecule has 6 nitrogen and oxygen atoms in total. The molecule has 2 rings (SSSR count). The third-order valence-corrected chi connectivity index (χ3v) is 2.44. The maximum atomic E-state index is 10.6. The van der Waals surface area contributed by atoms with Gasteiger partial charge in [0.2, 0.25) is 0 Å². The zero-order chi connectivity index (χ0) is 13.8. The number of hydrogen-bond acceptors (Lipinski definition) is 5. The van der Waals surface area contributed by atoms with Crippen LogP contribution in [-0.2, 0) is 0 Å². The summed E-state index contributed by atoms with van der Waals surface area (Å²) < 4.78 is 0. The van der Waals surface area contributed by atoms with Gasteiger partial charge in [-0.15, -0.1) is 5.11 Å². The summed E-state index contributed by atoms with van der Waals surface area (Å²) in [6.07, 6.45) is 0. The van der Waals surface area contributed by atoms with Crippen LogP contribution in [0.5, 0.6) is 5.75 Å².